The van der Waals surface area contributed by atoms with Crippen LogP contribution in [0.1, 0.15) is 0 Å². The summed E-state index contributed by atoms with van der Waals surface area (Å²) in [5, 5.41) is 5.68. The fourth-order valence-electron chi connectivity index (χ4n) is 11.3. The first-order valence-corrected chi connectivity index (χ1v) is 28.3. The molecule has 0 aliphatic rings. The standard InChI is InChI=1S/C71H41N7OS2/c1-3-17-52(60-19-5-7-31-73-60)50(15-1)46-23-27-65-57(39-46)55-37-44(21-25-63(55)80-65)42-11-9-13-48(35-42)69-76-70(78-71(77-69)54-29-34-75-67-59-41-72-33-30-62(59)79-68(54)67)49-14-10-12-43(36-49)45-22-26-64-56(38-45)58-40-47(24-28-66(58)81-64)51-16-2-4-18-53(51)61-20-6-8-32-74-61/h1-41H. The maximum atomic E-state index is 6.51. The molecule has 81 heavy (non-hydrogen) atoms. The quantitative estimate of drug-likeness (QED) is 0.141. The van der Waals surface area contributed by atoms with E-state index in [0.29, 0.717) is 39.7 Å². The molecule has 10 heteroatoms. The zero-order valence-electron chi connectivity index (χ0n) is 43.0. The van der Waals surface area contributed by atoms with E-state index in [-0.39, 0.29) is 0 Å². The van der Waals surface area contributed by atoms with Crippen molar-refractivity contribution in [1.82, 2.24) is 34.9 Å². The van der Waals surface area contributed by atoms with E-state index < -0.39 is 0 Å². The van der Waals surface area contributed by atoms with Gasteiger partial charge >= 0.3 is 0 Å². The highest BCUT2D eigenvalue weighted by Gasteiger charge is 2.21. The third-order valence-electron chi connectivity index (χ3n) is 15.2. The van der Waals surface area contributed by atoms with Gasteiger partial charge in [0.1, 0.15) is 11.1 Å². The number of aromatic nitrogens is 7. The van der Waals surface area contributed by atoms with Gasteiger partial charge in [-0.2, -0.15) is 0 Å². The van der Waals surface area contributed by atoms with Crippen LogP contribution in [0.25, 0.3) is 164 Å². The van der Waals surface area contributed by atoms with E-state index in [4.69, 9.17) is 34.3 Å². The summed E-state index contributed by atoms with van der Waals surface area (Å²) in [6.45, 7) is 0. The zero-order chi connectivity index (χ0) is 53.4. The average Bonchev–Trinajstić information content (AvgIpc) is 4.41. The number of hydrogen-bond acceptors (Lipinski definition) is 10. The second-order valence-corrected chi connectivity index (χ2v) is 22.2. The Morgan fingerprint density at radius 1 is 0.296 bits per heavy atom. The first-order valence-electron chi connectivity index (χ1n) is 26.6. The SMILES string of the molecule is c1ccc(-c2ccccc2-c2ccc3sc4ccc(-c5cccc(-c6nc(-c7cccc(-c8ccc9sc%10ccc(-c%11ccccc%11-c%11ccccn%11)cc%10c9c8)c7)nc(-c7ccnc8c7oc7ccncc78)n6)c5)cc4c3c2)nc1. The van der Waals surface area contributed by atoms with Crippen molar-refractivity contribution in [3.63, 3.8) is 0 Å². The van der Waals surface area contributed by atoms with Crippen LogP contribution < -0.4 is 0 Å². The molecule has 0 saturated carbocycles. The molecule has 8 heterocycles. The molecule has 0 unspecified atom stereocenters. The average molecular weight is 1070 g/mol. The third-order valence-corrected chi connectivity index (χ3v) is 17.5. The molecular weight excluding hydrogens is 1030 g/mol. The molecule has 0 fully saturated rings. The molecule has 16 rings (SSSR count). The maximum absolute atomic E-state index is 6.51. The minimum Gasteiger partial charge on any atom is -0.453 e. The summed E-state index contributed by atoms with van der Waals surface area (Å²) in [6, 6.07) is 77.1. The van der Waals surface area contributed by atoms with E-state index in [0.717, 1.165) is 83.5 Å². The number of rotatable bonds is 9. The molecule has 0 saturated heterocycles. The van der Waals surface area contributed by atoms with E-state index >= 15 is 0 Å². The van der Waals surface area contributed by atoms with Crippen molar-refractivity contribution in [3.05, 3.63) is 249 Å². The fraction of sp³-hybridized carbons (Fsp3) is 0. The maximum Gasteiger partial charge on any atom is 0.167 e. The molecule has 16 aromatic rings. The smallest absolute Gasteiger partial charge is 0.167 e. The first kappa shape index (κ1) is 46.7. The van der Waals surface area contributed by atoms with Crippen LogP contribution in [0.2, 0.25) is 0 Å². The lowest BCUT2D eigenvalue weighted by atomic mass is 9.95. The molecule has 378 valence electrons. The van der Waals surface area contributed by atoms with E-state index in [1.54, 1.807) is 18.6 Å². The van der Waals surface area contributed by atoms with Gasteiger partial charge in [0.25, 0.3) is 0 Å². The van der Waals surface area contributed by atoms with Crippen LogP contribution >= 0.6 is 22.7 Å². The molecule has 0 N–H and O–H groups in total. The van der Waals surface area contributed by atoms with E-state index in [1.165, 1.54) is 40.3 Å². The van der Waals surface area contributed by atoms with E-state index in [1.807, 2.05) is 71.5 Å². The lowest BCUT2D eigenvalue weighted by molar-refractivity contribution is 0.668. The Morgan fingerprint density at radius 2 is 0.753 bits per heavy atom. The van der Waals surface area contributed by atoms with Gasteiger partial charge in [0.15, 0.2) is 23.1 Å². The Bertz CT molecular complexity index is 4880. The van der Waals surface area contributed by atoms with Gasteiger partial charge < -0.3 is 4.42 Å². The van der Waals surface area contributed by atoms with Crippen LogP contribution in [-0.4, -0.2) is 34.9 Å². The number of furan rings is 1. The van der Waals surface area contributed by atoms with Crippen LogP contribution in [0, 0.1) is 0 Å². The van der Waals surface area contributed by atoms with E-state index in [2.05, 4.69) is 187 Å². The highest BCUT2D eigenvalue weighted by Crippen LogP contribution is 2.43. The minimum absolute atomic E-state index is 0.475. The number of hydrogen-bond donors (Lipinski definition) is 0. The number of fused-ring (bicyclic) bond motifs is 9. The van der Waals surface area contributed by atoms with Gasteiger partial charge in [0.2, 0.25) is 0 Å². The highest BCUT2D eigenvalue weighted by molar-refractivity contribution is 7.26. The van der Waals surface area contributed by atoms with Crippen LogP contribution in [0.15, 0.2) is 254 Å². The predicted molar refractivity (Wildman–Crippen MR) is 333 cm³/mol. The van der Waals surface area contributed by atoms with Crippen LogP contribution in [0.5, 0.6) is 0 Å². The van der Waals surface area contributed by atoms with Crippen LogP contribution in [-0.2, 0) is 0 Å². The van der Waals surface area contributed by atoms with E-state index in [9.17, 15) is 0 Å². The van der Waals surface area contributed by atoms with Gasteiger partial charge in [-0.25, -0.2) is 15.0 Å². The Labute approximate surface area is 472 Å². The Kier molecular flexibility index (Phi) is 11.1. The van der Waals surface area contributed by atoms with Crippen molar-refractivity contribution in [3.8, 4) is 101 Å². The normalized spacial score (nSPS) is 11.7. The number of nitrogens with zero attached hydrogens (tertiary/aromatic N) is 7. The largest absolute Gasteiger partial charge is 0.453 e. The molecule has 8 nitrogen and oxygen atoms in total. The summed E-state index contributed by atoms with van der Waals surface area (Å²) in [5.74, 6) is 1.55. The van der Waals surface area contributed by atoms with Gasteiger partial charge in [-0.1, -0.05) is 121 Å². The lowest BCUT2D eigenvalue weighted by Gasteiger charge is -2.11. The molecule has 0 spiro atoms. The molecule has 8 aromatic heterocycles. The first-order chi connectivity index (χ1) is 40.1. The summed E-state index contributed by atoms with van der Waals surface area (Å²) >= 11 is 3.63. The summed E-state index contributed by atoms with van der Waals surface area (Å²) < 4.78 is 11.5. The molecule has 0 radical (unpaired) electrons. The second kappa shape index (κ2) is 19.2. The van der Waals surface area contributed by atoms with Crippen molar-refractivity contribution in [2.75, 3.05) is 0 Å². The summed E-state index contributed by atoms with van der Waals surface area (Å²) in [6.07, 6.45) is 9.00. The van der Waals surface area contributed by atoms with Gasteiger partial charge in [-0.3, -0.25) is 19.9 Å². The topological polar surface area (TPSA) is 103 Å². The predicted octanol–water partition coefficient (Wildman–Crippen LogP) is 19.1. The summed E-state index contributed by atoms with van der Waals surface area (Å²) in [7, 11) is 0. The molecular formula is C71H41N7OS2. The molecule has 0 bridgehead atoms. The molecule has 0 atom stereocenters. The Balaban J connectivity index is 0.799. The van der Waals surface area contributed by atoms with Gasteiger partial charge in [-0.05, 0) is 142 Å². The number of pyridine rings is 4. The van der Waals surface area contributed by atoms with Crippen molar-refractivity contribution >= 4 is 85.1 Å². The molecule has 0 amide bonds. The minimum atomic E-state index is 0.475. The number of thiophene rings is 2. The molecule has 0 aliphatic heterocycles. The zero-order valence-corrected chi connectivity index (χ0v) is 44.7. The van der Waals surface area contributed by atoms with Crippen molar-refractivity contribution in [1.29, 1.82) is 0 Å². The number of benzene rings is 8. The highest BCUT2D eigenvalue weighted by atomic mass is 32.1. The summed E-state index contributed by atoms with van der Waals surface area (Å²) in [5.41, 5.74) is 17.4. The summed E-state index contributed by atoms with van der Waals surface area (Å²) in [4.78, 5) is 34.4. The molecule has 0 aliphatic carbocycles. The van der Waals surface area contributed by atoms with Gasteiger partial charge in [0.05, 0.1) is 22.3 Å². The lowest BCUT2D eigenvalue weighted by Crippen LogP contribution is -2.01. The third kappa shape index (κ3) is 8.23. The fourth-order valence-corrected chi connectivity index (χ4v) is 13.5. The monoisotopic (exact) mass is 1070 g/mol. The van der Waals surface area contributed by atoms with Crippen molar-refractivity contribution in [2.45, 2.75) is 0 Å². The van der Waals surface area contributed by atoms with Gasteiger partial charge in [0, 0.05) is 93.6 Å². The van der Waals surface area contributed by atoms with Crippen LogP contribution in [0.4, 0.5) is 0 Å². The van der Waals surface area contributed by atoms with Gasteiger partial charge in [-0.15, -0.1) is 22.7 Å². The Hall–Kier alpha value is -10.4. The second-order valence-electron chi connectivity index (χ2n) is 20.0. The van der Waals surface area contributed by atoms with Crippen LogP contribution in [0.3, 0.4) is 0 Å². The van der Waals surface area contributed by atoms with Crippen molar-refractivity contribution in [2.24, 2.45) is 0 Å². The Morgan fingerprint density at radius 3 is 1.27 bits per heavy atom. The van der Waals surface area contributed by atoms with Crippen molar-refractivity contribution < 1.29 is 4.42 Å². The molecule has 8 aromatic carbocycles.